The Morgan fingerprint density at radius 1 is 1.64 bits per heavy atom. The Labute approximate surface area is 79.5 Å². The topological polar surface area (TPSA) is 73.8 Å². The smallest absolute Gasteiger partial charge is 0.205 e. The predicted octanol–water partition coefficient (Wildman–Crippen LogP) is 0.228. The highest BCUT2D eigenvalue weighted by molar-refractivity contribution is 5.94. The first-order valence-corrected chi connectivity index (χ1v) is 4.05. The van der Waals surface area contributed by atoms with Crippen molar-refractivity contribution in [3.63, 3.8) is 0 Å². The van der Waals surface area contributed by atoms with Crippen molar-refractivity contribution in [1.29, 1.82) is 0 Å². The number of ketones is 1. The molecule has 2 aromatic rings. The molecule has 0 unspecified atom stereocenters. The zero-order valence-electron chi connectivity index (χ0n) is 7.54. The van der Waals surface area contributed by atoms with Crippen LogP contribution < -0.4 is 0 Å². The van der Waals surface area contributed by atoms with Crippen LogP contribution in [-0.2, 0) is 13.5 Å². The molecule has 0 N–H and O–H groups in total. The summed E-state index contributed by atoms with van der Waals surface area (Å²) in [6.45, 7) is 0. The predicted molar refractivity (Wildman–Crippen MR) is 45.5 cm³/mol. The van der Waals surface area contributed by atoms with Gasteiger partial charge in [0.1, 0.15) is 0 Å². The number of hydrogen-bond acceptors (Lipinski definition) is 5. The lowest BCUT2D eigenvalue weighted by molar-refractivity contribution is 0.0964. The molecule has 0 amide bonds. The molecule has 2 rings (SSSR count). The van der Waals surface area contributed by atoms with Gasteiger partial charge in [-0.3, -0.25) is 4.79 Å². The maximum atomic E-state index is 11.5. The van der Waals surface area contributed by atoms with Gasteiger partial charge in [-0.2, -0.15) is 4.80 Å². The maximum Gasteiger partial charge on any atom is 0.205 e. The van der Waals surface area contributed by atoms with Crippen LogP contribution >= 0.6 is 0 Å². The Hall–Kier alpha value is -1.98. The van der Waals surface area contributed by atoms with Crippen LogP contribution in [0.3, 0.4) is 0 Å². The molecule has 0 aliphatic rings. The fraction of sp³-hybridized carbons (Fsp3) is 0.250. The second-order valence-corrected chi connectivity index (χ2v) is 2.77. The summed E-state index contributed by atoms with van der Waals surface area (Å²) in [6.07, 6.45) is 1.57. The first-order chi connectivity index (χ1) is 6.75. The molecule has 0 aliphatic carbocycles. The largest absolute Gasteiger partial charge is 0.461 e. The second-order valence-electron chi connectivity index (χ2n) is 2.77. The minimum atomic E-state index is -0.150. The van der Waals surface area contributed by atoms with Crippen LogP contribution in [0.1, 0.15) is 16.4 Å². The van der Waals surface area contributed by atoms with Crippen LogP contribution in [0.2, 0.25) is 0 Å². The number of aryl methyl sites for hydroxylation is 1. The quantitative estimate of drug-likeness (QED) is 0.651. The van der Waals surface area contributed by atoms with Crippen LogP contribution in [0.25, 0.3) is 0 Å². The van der Waals surface area contributed by atoms with Gasteiger partial charge in [0, 0.05) is 0 Å². The fourth-order valence-corrected chi connectivity index (χ4v) is 1.06. The molecule has 2 aromatic heterocycles. The van der Waals surface area contributed by atoms with Crippen LogP contribution in [0.15, 0.2) is 22.8 Å². The third kappa shape index (κ3) is 1.68. The van der Waals surface area contributed by atoms with Crippen LogP contribution in [0.4, 0.5) is 0 Å². The van der Waals surface area contributed by atoms with E-state index >= 15 is 0 Å². The summed E-state index contributed by atoms with van der Waals surface area (Å²) in [7, 11) is 1.65. The Balaban J connectivity index is 2.09. The molecule has 6 nitrogen and oxygen atoms in total. The van der Waals surface area contributed by atoms with Crippen molar-refractivity contribution in [3.8, 4) is 0 Å². The second kappa shape index (κ2) is 3.41. The van der Waals surface area contributed by atoms with E-state index in [2.05, 4.69) is 15.4 Å². The molecule has 0 bridgehead atoms. The van der Waals surface area contributed by atoms with Crippen molar-refractivity contribution in [3.05, 3.63) is 30.0 Å². The van der Waals surface area contributed by atoms with E-state index in [1.54, 1.807) is 19.2 Å². The minimum absolute atomic E-state index is 0.112. The Kier molecular flexibility index (Phi) is 2.10. The third-order valence-corrected chi connectivity index (χ3v) is 1.66. The van der Waals surface area contributed by atoms with Gasteiger partial charge in [0.05, 0.1) is 19.7 Å². The number of carbonyl (C=O) groups excluding carboxylic acids is 1. The maximum absolute atomic E-state index is 11.5. The van der Waals surface area contributed by atoms with Gasteiger partial charge in [0.2, 0.25) is 5.78 Å². The standard InChI is InChI=1S/C8H8N4O2/c1-12-10-8(9-11-12)5-6(13)7-3-2-4-14-7/h2-4H,5H2,1H3. The van der Waals surface area contributed by atoms with Crippen molar-refractivity contribution in [2.24, 2.45) is 7.05 Å². The number of nitrogens with zero attached hydrogens (tertiary/aromatic N) is 4. The summed E-state index contributed by atoms with van der Waals surface area (Å²) in [5.41, 5.74) is 0. The Morgan fingerprint density at radius 3 is 3.07 bits per heavy atom. The number of furan rings is 1. The van der Waals surface area contributed by atoms with Gasteiger partial charge in [-0.25, -0.2) is 0 Å². The zero-order valence-corrected chi connectivity index (χ0v) is 7.54. The Morgan fingerprint density at radius 2 is 2.50 bits per heavy atom. The lowest BCUT2D eigenvalue weighted by Gasteiger charge is -1.90. The Bertz CT molecular complexity index is 432. The highest BCUT2D eigenvalue weighted by atomic mass is 16.3. The van der Waals surface area contributed by atoms with E-state index in [4.69, 9.17) is 4.42 Å². The van der Waals surface area contributed by atoms with Crippen LogP contribution in [0, 0.1) is 0 Å². The summed E-state index contributed by atoms with van der Waals surface area (Å²) < 4.78 is 4.94. The van der Waals surface area contributed by atoms with Crippen LogP contribution in [0.5, 0.6) is 0 Å². The van der Waals surface area contributed by atoms with Gasteiger partial charge in [-0.05, 0) is 17.3 Å². The van der Waals surface area contributed by atoms with E-state index in [1.165, 1.54) is 11.1 Å². The van der Waals surface area contributed by atoms with Crippen molar-refractivity contribution in [1.82, 2.24) is 20.2 Å². The highest BCUT2D eigenvalue weighted by Crippen LogP contribution is 2.04. The van der Waals surface area contributed by atoms with Crippen LogP contribution in [-0.4, -0.2) is 26.0 Å². The highest BCUT2D eigenvalue weighted by Gasteiger charge is 2.12. The molecule has 14 heavy (non-hydrogen) atoms. The van der Waals surface area contributed by atoms with Gasteiger partial charge in [-0.1, -0.05) is 0 Å². The lowest BCUT2D eigenvalue weighted by Crippen LogP contribution is -2.04. The number of carbonyl (C=O) groups is 1. The average molecular weight is 192 g/mol. The van der Waals surface area contributed by atoms with Crippen molar-refractivity contribution in [2.45, 2.75) is 6.42 Å². The summed E-state index contributed by atoms with van der Waals surface area (Å²) in [4.78, 5) is 12.8. The third-order valence-electron chi connectivity index (χ3n) is 1.66. The number of Topliss-reactive ketones (excluding diaryl/α,β-unsaturated/α-hetero) is 1. The molecule has 0 aromatic carbocycles. The van der Waals surface area contributed by atoms with E-state index in [-0.39, 0.29) is 12.2 Å². The molecule has 0 saturated carbocycles. The summed E-state index contributed by atoms with van der Waals surface area (Å²) >= 11 is 0. The summed E-state index contributed by atoms with van der Waals surface area (Å²) in [5.74, 6) is 0.564. The molecule has 0 radical (unpaired) electrons. The molecule has 0 fully saturated rings. The van der Waals surface area contributed by atoms with E-state index in [1.807, 2.05) is 0 Å². The van der Waals surface area contributed by atoms with Gasteiger partial charge >= 0.3 is 0 Å². The van der Waals surface area contributed by atoms with E-state index in [0.717, 1.165) is 0 Å². The molecule has 0 saturated heterocycles. The van der Waals surface area contributed by atoms with E-state index in [0.29, 0.717) is 11.6 Å². The lowest BCUT2D eigenvalue weighted by atomic mass is 10.2. The molecule has 6 heteroatoms. The molecule has 0 atom stereocenters. The summed E-state index contributed by atoms with van der Waals surface area (Å²) in [5, 5.41) is 11.2. The molecule has 0 spiro atoms. The molecular weight excluding hydrogens is 184 g/mol. The van der Waals surface area contributed by atoms with Crippen molar-refractivity contribution in [2.75, 3.05) is 0 Å². The number of hydrogen-bond donors (Lipinski definition) is 0. The average Bonchev–Trinajstić information content (AvgIpc) is 2.75. The zero-order chi connectivity index (χ0) is 9.97. The number of aromatic nitrogens is 4. The molecule has 2 heterocycles. The molecule has 0 aliphatic heterocycles. The van der Waals surface area contributed by atoms with Gasteiger partial charge < -0.3 is 4.42 Å². The summed E-state index contributed by atoms with van der Waals surface area (Å²) in [6, 6.07) is 3.27. The molecular formula is C8H8N4O2. The first kappa shape index (κ1) is 8.61. The molecule has 72 valence electrons. The van der Waals surface area contributed by atoms with Gasteiger partial charge in [0.15, 0.2) is 11.6 Å². The minimum Gasteiger partial charge on any atom is -0.461 e. The van der Waals surface area contributed by atoms with Gasteiger partial charge in [0.25, 0.3) is 0 Å². The number of rotatable bonds is 3. The monoisotopic (exact) mass is 192 g/mol. The fourth-order valence-electron chi connectivity index (χ4n) is 1.06. The van der Waals surface area contributed by atoms with E-state index in [9.17, 15) is 4.79 Å². The first-order valence-electron chi connectivity index (χ1n) is 4.05. The van der Waals surface area contributed by atoms with Gasteiger partial charge in [-0.15, -0.1) is 10.2 Å². The SMILES string of the molecule is Cn1nnc(CC(=O)c2ccco2)n1. The van der Waals surface area contributed by atoms with Crippen molar-refractivity contribution >= 4 is 5.78 Å². The normalized spacial score (nSPS) is 10.4. The van der Waals surface area contributed by atoms with E-state index < -0.39 is 0 Å². The number of tetrazole rings is 1. The van der Waals surface area contributed by atoms with Crippen molar-refractivity contribution < 1.29 is 9.21 Å².